The van der Waals surface area contributed by atoms with Gasteiger partial charge in [-0.2, -0.15) is 0 Å². The fraction of sp³-hybridized carbons (Fsp3) is 0.526. The quantitative estimate of drug-likeness (QED) is 0.570. The second-order valence-corrected chi connectivity index (χ2v) is 6.23. The van der Waals surface area contributed by atoms with E-state index in [0.717, 1.165) is 50.5 Å². The number of methoxy groups -OCH3 is 2. The van der Waals surface area contributed by atoms with Crippen molar-refractivity contribution in [2.45, 2.75) is 6.42 Å². The highest BCUT2D eigenvalue weighted by Gasteiger charge is 2.12. The zero-order valence-electron chi connectivity index (χ0n) is 15.5. The van der Waals surface area contributed by atoms with Crippen molar-refractivity contribution in [1.82, 2.24) is 15.1 Å². The van der Waals surface area contributed by atoms with Crippen LogP contribution < -0.4 is 14.8 Å². The molecule has 0 bridgehead atoms. The van der Waals surface area contributed by atoms with Gasteiger partial charge in [0.25, 0.3) is 0 Å². The van der Waals surface area contributed by atoms with E-state index in [0.29, 0.717) is 12.3 Å². The van der Waals surface area contributed by atoms with Crippen LogP contribution in [0.4, 0.5) is 0 Å². The molecule has 138 valence electrons. The van der Waals surface area contributed by atoms with Gasteiger partial charge < -0.3 is 24.6 Å². The molecular weight excluding hydrogens is 318 g/mol. The van der Waals surface area contributed by atoms with Crippen LogP contribution in [0.3, 0.4) is 0 Å². The van der Waals surface area contributed by atoms with Crippen molar-refractivity contribution in [2.24, 2.45) is 0 Å². The minimum atomic E-state index is -0.0868. The fourth-order valence-corrected chi connectivity index (χ4v) is 2.77. The summed E-state index contributed by atoms with van der Waals surface area (Å²) >= 11 is 0. The van der Waals surface area contributed by atoms with Crippen molar-refractivity contribution in [3.8, 4) is 11.5 Å². The molecule has 0 saturated carbocycles. The molecule has 1 N–H and O–H groups in total. The Hall–Kier alpha value is -2.05. The standard InChI is InChI=1S/C19H29N3O3/c1-21-11-13-22(14-12-21)10-4-9-20-19(23)8-6-16-5-7-17(24-2)15-18(16)25-3/h5-8,15H,4,9-14H2,1-3H3,(H,20,23)/b8-6+. The van der Waals surface area contributed by atoms with Crippen molar-refractivity contribution in [3.63, 3.8) is 0 Å². The summed E-state index contributed by atoms with van der Waals surface area (Å²) in [7, 11) is 5.37. The molecule has 25 heavy (non-hydrogen) atoms. The predicted octanol–water partition coefficient (Wildman–Crippen LogP) is 1.47. The zero-order valence-corrected chi connectivity index (χ0v) is 15.5. The van der Waals surface area contributed by atoms with E-state index in [1.54, 1.807) is 32.4 Å². The van der Waals surface area contributed by atoms with Gasteiger partial charge in [-0.05, 0) is 38.2 Å². The molecule has 1 aromatic rings. The minimum absolute atomic E-state index is 0.0868. The van der Waals surface area contributed by atoms with E-state index in [1.807, 2.05) is 12.1 Å². The first kappa shape index (κ1) is 19.3. The number of rotatable bonds is 8. The largest absolute Gasteiger partial charge is 0.497 e. The molecule has 6 nitrogen and oxygen atoms in total. The lowest BCUT2D eigenvalue weighted by Gasteiger charge is -2.32. The average Bonchev–Trinajstić information content (AvgIpc) is 2.64. The highest BCUT2D eigenvalue weighted by Crippen LogP contribution is 2.25. The Balaban J connectivity index is 1.72. The van der Waals surface area contributed by atoms with E-state index in [9.17, 15) is 4.79 Å². The Morgan fingerprint density at radius 3 is 2.64 bits per heavy atom. The van der Waals surface area contributed by atoms with Crippen molar-refractivity contribution in [2.75, 3.05) is 60.5 Å². The summed E-state index contributed by atoms with van der Waals surface area (Å²) in [6.45, 7) is 6.19. The van der Waals surface area contributed by atoms with Gasteiger partial charge in [0.15, 0.2) is 0 Å². The van der Waals surface area contributed by atoms with Gasteiger partial charge >= 0.3 is 0 Å². The lowest BCUT2D eigenvalue weighted by Crippen LogP contribution is -2.45. The molecule has 0 spiro atoms. The molecule has 1 aliphatic heterocycles. The molecule has 6 heteroatoms. The van der Waals surface area contributed by atoms with E-state index in [-0.39, 0.29) is 5.91 Å². The molecule has 2 rings (SSSR count). The van der Waals surface area contributed by atoms with Gasteiger partial charge in [-0.15, -0.1) is 0 Å². The zero-order chi connectivity index (χ0) is 18.1. The second-order valence-electron chi connectivity index (χ2n) is 6.23. The fourth-order valence-electron chi connectivity index (χ4n) is 2.77. The van der Waals surface area contributed by atoms with Crippen LogP contribution in [0.15, 0.2) is 24.3 Å². The number of piperazine rings is 1. The lowest BCUT2D eigenvalue weighted by molar-refractivity contribution is -0.116. The Morgan fingerprint density at radius 1 is 1.20 bits per heavy atom. The third-order valence-corrected chi connectivity index (χ3v) is 4.40. The maximum Gasteiger partial charge on any atom is 0.244 e. The number of hydrogen-bond acceptors (Lipinski definition) is 5. The van der Waals surface area contributed by atoms with Crippen LogP contribution >= 0.6 is 0 Å². The van der Waals surface area contributed by atoms with Crippen LogP contribution in [0.2, 0.25) is 0 Å². The SMILES string of the molecule is COc1ccc(/C=C/C(=O)NCCCN2CCN(C)CC2)c(OC)c1. The van der Waals surface area contributed by atoms with E-state index in [2.05, 4.69) is 22.2 Å². The van der Waals surface area contributed by atoms with Crippen molar-refractivity contribution in [1.29, 1.82) is 0 Å². The molecule has 1 heterocycles. The van der Waals surface area contributed by atoms with Gasteiger partial charge in [0.05, 0.1) is 14.2 Å². The summed E-state index contributed by atoms with van der Waals surface area (Å²) in [6.07, 6.45) is 4.27. The molecule has 0 unspecified atom stereocenters. The van der Waals surface area contributed by atoms with Crippen LogP contribution in [-0.2, 0) is 4.79 Å². The molecule has 1 fully saturated rings. The maximum absolute atomic E-state index is 11.9. The summed E-state index contributed by atoms with van der Waals surface area (Å²) < 4.78 is 10.5. The molecule has 0 aromatic heterocycles. The van der Waals surface area contributed by atoms with Crippen molar-refractivity contribution < 1.29 is 14.3 Å². The number of likely N-dealkylation sites (N-methyl/N-ethyl adjacent to an activating group) is 1. The summed E-state index contributed by atoms with van der Waals surface area (Å²) in [5.41, 5.74) is 0.843. The Labute approximate surface area is 150 Å². The summed E-state index contributed by atoms with van der Waals surface area (Å²) in [6, 6.07) is 5.51. The monoisotopic (exact) mass is 347 g/mol. The van der Waals surface area contributed by atoms with E-state index in [1.165, 1.54) is 0 Å². The molecule has 1 aromatic carbocycles. The van der Waals surface area contributed by atoms with Crippen LogP contribution in [0, 0.1) is 0 Å². The first-order valence-corrected chi connectivity index (χ1v) is 8.71. The van der Waals surface area contributed by atoms with Gasteiger partial charge in [-0.25, -0.2) is 0 Å². The van der Waals surface area contributed by atoms with E-state index >= 15 is 0 Å². The van der Waals surface area contributed by atoms with Crippen molar-refractivity contribution in [3.05, 3.63) is 29.8 Å². The second kappa shape index (κ2) is 10.1. The molecule has 0 radical (unpaired) electrons. The van der Waals surface area contributed by atoms with Crippen LogP contribution in [0.1, 0.15) is 12.0 Å². The van der Waals surface area contributed by atoms with Crippen molar-refractivity contribution >= 4 is 12.0 Å². The van der Waals surface area contributed by atoms with Gasteiger partial charge in [-0.1, -0.05) is 0 Å². The average molecular weight is 347 g/mol. The Kier molecular flexibility index (Phi) is 7.76. The van der Waals surface area contributed by atoms with Crippen LogP contribution in [0.5, 0.6) is 11.5 Å². The first-order chi connectivity index (χ1) is 12.1. The molecule has 1 saturated heterocycles. The third-order valence-electron chi connectivity index (χ3n) is 4.40. The Bertz CT molecular complexity index is 581. The van der Waals surface area contributed by atoms with E-state index < -0.39 is 0 Å². The van der Waals surface area contributed by atoms with Gasteiger partial charge in [-0.3, -0.25) is 4.79 Å². The Morgan fingerprint density at radius 2 is 1.96 bits per heavy atom. The number of benzene rings is 1. The number of nitrogens with zero attached hydrogens (tertiary/aromatic N) is 2. The number of nitrogens with one attached hydrogen (secondary N) is 1. The highest BCUT2D eigenvalue weighted by atomic mass is 16.5. The van der Waals surface area contributed by atoms with Gasteiger partial charge in [0, 0.05) is 50.4 Å². The van der Waals surface area contributed by atoms with Gasteiger partial charge in [0.1, 0.15) is 11.5 Å². The number of hydrogen-bond donors (Lipinski definition) is 1. The number of ether oxygens (including phenoxy) is 2. The van der Waals surface area contributed by atoms with Crippen LogP contribution in [-0.4, -0.2) is 76.2 Å². The first-order valence-electron chi connectivity index (χ1n) is 8.71. The summed E-state index contributed by atoms with van der Waals surface area (Å²) in [5.74, 6) is 1.32. The smallest absolute Gasteiger partial charge is 0.244 e. The normalized spacial score (nSPS) is 16.1. The maximum atomic E-state index is 11.9. The van der Waals surface area contributed by atoms with Gasteiger partial charge in [0.2, 0.25) is 5.91 Å². The highest BCUT2D eigenvalue weighted by molar-refractivity contribution is 5.92. The number of carbonyl (C=O) groups excluding carboxylic acids is 1. The molecule has 0 aliphatic carbocycles. The summed E-state index contributed by atoms with van der Waals surface area (Å²) in [5, 5.41) is 2.93. The lowest BCUT2D eigenvalue weighted by atomic mass is 10.1. The number of carbonyl (C=O) groups is 1. The van der Waals surface area contributed by atoms with E-state index in [4.69, 9.17) is 9.47 Å². The molecule has 1 aliphatic rings. The number of amides is 1. The third kappa shape index (κ3) is 6.40. The topological polar surface area (TPSA) is 54.0 Å². The molecular formula is C19H29N3O3. The van der Waals surface area contributed by atoms with Crippen LogP contribution in [0.25, 0.3) is 6.08 Å². The molecule has 0 atom stereocenters. The summed E-state index contributed by atoms with van der Waals surface area (Å²) in [4.78, 5) is 16.7. The predicted molar refractivity (Wildman–Crippen MR) is 100 cm³/mol. The molecule has 1 amide bonds. The minimum Gasteiger partial charge on any atom is -0.497 e.